The van der Waals surface area contributed by atoms with Crippen LogP contribution >= 0.6 is 0 Å². The van der Waals surface area contributed by atoms with Crippen LogP contribution in [0.5, 0.6) is 0 Å². The number of methoxy groups -OCH3 is 1. The quantitative estimate of drug-likeness (QED) is 0.195. The number of esters is 1. The number of rotatable bonds is 8. The van der Waals surface area contributed by atoms with Gasteiger partial charge in [0, 0.05) is 38.4 Å². The maximum Gasteiger partial charge on any atom is 0.410 e. The van der Waals surface area contributed by atoms with Crippen LogP contribution in [-0.2, 0) is 30.3 Å². The Labute approximate surface area is 280 Å². The number of unbranched alkanes of at least 4 members (excludes halogenated alkanes) is 1. The Morgan fingerprint density at radius 1 is 1.09 bits per heavy atom. The Morgan fingerprint density at radius 3 is 2.47 bits per heavy atom. The Morgan fingerprint density at radius 2 is 1.81 bits per heavy atom. The van der Waals surface area contributed by atoms with Gasteiger partial charge in [0.05, 0.1) is 23.5 Å². The number of hydrogen-bond acceptors (Lipinski definition) is 10. The van der Waals surface area contributed by atoms with E-state index in [1.807, 2.05) is 59.9 Å². The van der Waals surface area contributed by atoms with Crippen molar-refractivity contribution in [2.45, 2.75) is 116 Å². The van der Waals surface area contributed by atoms with Crippen molar-refractivity contribution >= 4 is 25.7 Å². The van der Waals surface area contributed by atoms with Crippen LogP contribution in [0, 0.1) is 17.8 Å². The van der Waals surface area contributed by atoms with E-state index in [-0.39, 0.29) is 23.6 Å². The maximum absolute atomic E-state index is 13.6. The summed E-state index contributed by atoms with van der Waals surface area (Å²) in [6.07, 6.45) is 5.01. The molecule has 2 saturated heterocycles. The summed E-state index contributed by atoms with van der Waals surface area (Å²) < 4.78 is 20.0. The van der Waals surface area contributed by atoms with Crippen LogP contribution in [0.1, 0.15) is 74.1 Å². The molecule has 9 atom stereocenters. The lowest BCUT2D eigenvalue weighted by molar-refractivity contribution is -0.170. The molecule has 2 aromatic rings. The highest BCUT2D eigenvalue weighted by Crippen LogP contribution is 2.40. The molecular formula is C34H53BN6O6. The normalized spacial score (nSPS) is 34.3. The lowest BCUT2D eigenvalue weighted by atomic mass is 9.62. The number of cyclic esters (lactones) is 1. The molecule has 12 nitrogen and oxygen atoms in total. The van der Waals surface area contributed by atoms with Crippen molar-refractivity contribution in [1.29, 1.82) is 0 Å². The van der Waals surface area contributed by atoms with Gasteiger partial charge in [0.25, 0.3) is 0 Å². The number of carbonyl (C=O) groups is 3. The van der Waals surface area contributed by atoms with E-state index in [2.05, 4.69) is 34.5 Å². The smallest absolute Gasteiger partial charge is 0.410 e. The van der Waals surface area contributed by atoms with Gasteiger partial charge in [0.1, 0.15) is 31.3 Å². The molecule has 2 fully saturated rings. The largest absolute Gasteiger partial charge is 0.458 e. The van der Waals surface area contributed by atoms with Crippen molar-refractivity contribution in [2.24, 2.45) is 17.8 Å². The number of Topliss-reactive ketones (excluding diaryl/α,β-unsaturated/α-hetero) is 1. The molecule has 0 aliphatic carbocycles. The van der Waals surface area contributed by atoms with E-state index in [4.69, 9.17) is 14.2 Å². The number of ether oxygens (including phenoxy) is 3. The van der Waals surface area contributed by atoms with Crippen LogP contribution < -0.4 is 5.32 Å². The van der Waals surface area contributed by atoms with Gasteiger partial charge < -0.3 is 19.5 Å². The topological polar surface area (TPSA) is 138 Å². The maximum atomic E-state index is 13.6. The van der Waals surface area contributed by atoms with Crippen molar-refractivity contribution < 1.29 is 28.6 Å². The van der Waals surface area contributed by atoms with Gasteiger partial charge in [0.15, 0.2) is 5.60 Å². The molecule has 2 aliphatic heterocycles. The van der Waals surface area contributed by atoms with E-state index in [0.717, 1.165) is 12.1 Å². The van der Waals surface area contributed by atoms with Crippen LogP contribution in [0.4, 0.5) is 4.79 Å². The van der Waals surface area contributed by atoms with E-state index < -0.39 is 47.2 Å². The Hall–Kier alpha value is -3.32. The van der Waals surface area contributed by atoms with Gasteiger partial charge in [-0.25, -0.2) is 4.79 Å². The van der Waals surface area contributed by atoms with E-state index in [1.54, 1.807) is 29.8 Å². The molecule has 1 amide bonds. The molecule has 0 aromatic carbocycles. The first-order chi connectivity index (χ1) is 22.3. The van der Waals surface area contributed by atoms with Crippen LogP contribution in [0.25, 0.3) is 11.4 Å². The highest BCUT2D eigenvalue weighted by molar-refractivity contribution is 6.15. The molecular weight excluding hydrogens is 599 g/mol. The molecule has 13 heteroatoms. The van der Waals surface area contributed by atoms with Gasteiger partial charge in [-0.1, -0.05) is 32.1 Å². The SMILES string of the molecule is B[C@@H]1[C@H](C)C(=O)[C@@H](C)C(=O)O[C@H](CC)[C@@]2(C)OC(=O)N(CCCCn3cc(-c4ccccn4)nn3)[C@@H]2[C@@H](C)NC[C@H](C)C[C@@]1(C)OC. The first-order valence-electron chi connectivity index (χ1n) is 17.1. The van der Waals surface area contributed by atoms with E-state index >= 15 is 0 Å². The predicted octanol–water partition coefficient (Wildman–Crippen LogP) is 3.71. The summed E-state index contributed by atoms with van der Waals surface area (Å²) in [7, 11) is 3.70. The second-order valence-electron chi connectivity index (χ2n) is 14.0. The number of aryl methyl sites for hydroxylation is 1. The number of aromatic nitrogens is 4. The average Bonchev–Trinajstić information content (AvgIpc) is 3.64. The summed E-state index contributed by atoms with van der Waals surface area (Å²) in [5.41, 5.74) is -0.243. The third-order valence-electron chi connectivity index (χ3n) is 10.7. The molecule has 1 N–H and O–H groups in total. The molecule has 0 unspecified atom stereocenters. The van der Waals surface area contributed by atoms with Crippen LogP contribution in [-0.4, -0.2) is 100 Å². The second kappa shape index (κ2) is 15.3. The molecule has 47 heavy (non-hydrogen) atoms. The summed E-state index contributed by atoms with van der Waals surface area (Å²) >= 11 is 0. The summed E-state index contributed by atoms with van der Waals surface area (Å²) in [4.78, 5) is 46.8. The van der Waals surface area contributed by atoms with Crippen LogP contribution in [0.2, 0.25) is 5.82 Å². The molecule has 2 aromatic heterocycles. The van der Waals surface area contributed by atoms with Crippen molar-refractivity contribution in [3.63, 3.8) is 0 Å². The molecule has 0 bridgehead atoms. The summed E-state index contributed by atoms with van der Waals surface area (Å²) in [6.45, 7) is 15.2. The van der Waals surface area contributed by atoms with Crippen LogP contribution in [0.15, 0.2) is 30.6 Å². The number of ketones is 1. The number of amides is 1. The highest BCUT2D eigenvalue weighted by atomic mass is 16.6. The zero-order chi connectivity index (χ0) is 34.5. The monoisotopic (exact) mass is 652 g/mol. The summed E-state index contributed by atoms with van der Waals surface area (Å²) in [6, 6.07) is 5.05. The zero-order valence-electron chi connectivity index (χ0n) is 29.6. The molecule has 0 saturated carbocycles. The lowest BCUT2D eigenvalue weighted by Gasteiger charge is -2.41. The standard InChI is InChI=1S/C34H53BN6O6/c1-9-27-34(7)30(41(32(44)47-34)17-13-12-16-40-20-26(38-39-40)25-14-10-11-15-36-25)24(5)37-19-21(2)18-33(6,45-8)29(35)22(3)28(42)23(4)31(43)46-27/h10-11,14-15,20-24,27,29-30,37H,9,12-13,16-19,35H2,1-8H3/t21-,22-,23-,24-,27-,29-,30-,33-,34-/m1/s1. The summed E-state index contributed by atoms with van der Waals surface area (Å²) in [5, 5.41) is 12.2. The Bertz CT molecular complexity index is 1380. The molecule has 4 rings (SSSR count). The summed E-state index contributed by atoms with van der Waals surface area (Å²) in [5.74, 6) is -2.10. The molecule has 258 valence electrons. The Balaban J connectivity index is 1.54. The predicted molar refractivity (Wildman–Crippen MR) is 180 cm³/mol. The van der Waals surface area contributed by atoms with Gasteiger partial charge in [-0.15, -0.1) is 5.10 Å². The number of nitrogens with one attached hydrogen (secondary N) is 1. The first kappa shape index (κ1) is 36.5. The van der Waals surface area contributed by atoms with Crippen molar-refractivity contribution in [1.82, 2.24) is 30.2 Å². The highest BCUT2D eigenvalue weighted by Gasteiger charge is 2.58. The molecule has 0 spiro atoms. The lowest BCUT2D eigenvalue weighted by Crippen LogP contribution is -2.61. The van der Waals surface area contributed by atoms with E-state index in [0.29, 0.717) is 44.6 Å². The molecule has 4 heterocycles. The van der Waals surface area contributed by atoms with Gasteiger partial charge in [-0.2, -0.15) is 0 Å². The first-order valence-corrected chi connectivity index (χ1v) is 17.1. The van der Waals surface area contributed by atoms with Gasteiger partial charge >= 0.3 is 12.1 Å². The van der Waals surface area contributed by atoms with E-state index in [1.165, 1.54) is 0 Å². The third kappa shape index (κ3) is 7.88. The number of hydrogen-bond donors (Lipinski definition) is 1. The van der Waals surface area contributed by atoms with Gasteiger partial charge in [-0.05, 0) is 83.8 Å². The van der Waals surface area contributed by atoms with Crippen molar-refractivity contribution in [2.75, 3.05) is 20.2 Å². The van der Waals surface area contributed by atoms with Crippen molar-refractivity contribution in [3.8, 4) is 11.4 Å². The van der Waals surface area contributed by atoms with Crippen LogP contribution in [0.3, 0.4) is 0 Å². The van der Waals surface area contributed by atoms with Gasteiger partial charge in [0.2, 0.25) is 0 Å². The fraction of sp³-hybridized carbons (Fsp3) is 0.706. The third-order valence-corrected chi connectivity index (χ3v) is 10.7. The fourth-order valence-corrected chi connectivity index (χ4v) is 7.43. The number of nitrogens with zero attached hydrogens (tertiary/aromatic N) is 5. The van der Waals surface area contributed by atoms with E-state index in [9.17, 15) is 14.4 Å². The minimum Gasteiger partial charge on any atom is -0.458 e. The Kier molecular flexibility index (Phi) is 11.9. The second-order valence-corrected chi connectivity index (χ2v) is 14.0. The fourth-order valence-electron chi connectivity index (χ4n) is 7.43. The number of carbonyl (C=O) groups excluding carboxylic acids is 3. The average molecular weight is 653 g/mol. The number of fused-ring (bicyclic) bond motifs is 1. The number of pyridine rings is 1. The van der Waals surface area contributed by atoms with Gasteiger partial charge in [-0.3, -0.25) is 24.2 Å². The zero-order valence-corrected chi connectivity index (χ0v) is 29.6. The van der Waals surface area contributed by atoms with Crippen molar-refractivity contribution in [3.05, 3.63) is 30.6 Å². The minimum absolute atomic E-state index is 0.130. The molecule has 0 radical (unpaired) electrons. The minimum atomic E-state index is -1.14. The molecule has 2 aliphatic rings.